The van der Waals surface area contributed by atoms with E-state index < -0.39 is 36.4 Å². The van der Waals surface area contributed by atoms with E-state index in [0.29, 0.717) is 16.5 Å². The molecule has 7 nitrogen and oxygen atoms in total. The summed E-state index contributed by atoms with van der Waals surface area (Å²) in [6.07, 6.45) is -2.05. The maximum Gasteiger partial charge on any atom is 0.573 e. The highest BCUT2D eigenvalue weighted by Gasteiger charge is 2.31. The standard InChI is InChI=1S/C23H17F4N3O4/c1-2-13-8-17(34-23(25,26)27)4-5-19(13)29-22(33)14(10-28)7-15-11-30(12-21(31)32)20-6-3-16(24)9-18(15)20/h3-9,11H,2,12H2,1H3,(H,29,33)(H,31,32)/b14-7+. The van der Waals surface area contributed by atoms with Gasteiger partial charge in [0, 0.05) is 28.4 Å². The zero-order chi connectivity index (χ0) is 25.0. The number of hydrogen-bond donors (Lipinski definition) is 2. The largest absolute Gasteiger partial charge is 0.573 e. The number of halogens is 4. The topological polar surface area (TPSA) is 104 Å². The summed E-state index contributed by atoms with van der Waals surface area (Å²) < 4.78 is 56.4. The molecule has 0 saturated carbocycles. The van der Waals surface area contributed by atoms with E-state index in [9.17, 15) is 32.4 Å². The van der Waals surface area contributed by atoms with Gasteiger partial charge >= 0.3 is 12.3 Å². The summed E-state index contributed by atoms with van der Waals surface area (Å²) >= 11 is 0. The quantitative estimate of drug-likeness (QED) is 0.288. The van der Waals surface area contributed by atoms with Crippen molar-refractivity contribution < 1.29 is 37.0 Å². The van der Waals surface area contributed by atoms with Gasteiger partial charge in [0.1, 0.15) is 29.8 Å². The number of carboxylic acid groups (broad SMARTS) is 1. The first-order chi connectivity index (χ1) is 16.0. The number of alkyl halides is 3. The predicted octanol–water partition coefficient (Wildman–Crippen LogP) is 4.87. The van der Waals surface area contributed by atoms with Gasteiger partial charge in [-0.2, -0.15) is 5.26 Å². The molecule has 0 atom stereocenters. The molecule has 0 radical (unpaired) electrons. The van der Waals surface area contributed by atoms with E-state index in [1.165, 1.54) is 29.0 Å². The molecule has 176 valence electrons. The molecule has 2 N–H and O–H groups in total. The number of fused-ring (bicyclic) bond motifs is 1. The van der Waals surface area contributed by atoms with Gasteiger partial charge in [-0.1, -0.05) is 6.92 Å². The molecule has 3 aromatic rings. The monoisotopic (exact) mass is 475 g/mol. The third-order valence-electron chi connectivity index (χ3n) is 4.78. The van der Waals surface area contributed by atoms with E-state index in [1.807, 2.05) is 0 Å². The number of nitrogens with one attached hydrogen (secondary N) is 1. The molecule has 1 amide bonds. The minimum atomic E-state index is -4.87. The molecule has 0 spiro atoms. The second-order valence-corrected chi connectivity index (χ2v) is 7.11. The van der Waals surface area contributed by atoms with Gasteiger partial charge in [0.05, 0.1) is 0 Å². The van der Waals surface area contributed by atoms with Gasteiger partial charge in [-0.3, -0.25) is 9.59 Å². The fraction of sp³-hybridized carbons (Fsp3) is 0.174. The maximum atomic E-state index is 13.8. The van der Waals surface area contributed by atoms with Gasteiger partial charge in [0.15, 0.2) is 0 Å². The van der Waals surface area contributed by atoms with Crippen LogP contribution in [0.3, 0.4) is 0 Å². The molecule has 1 heterocycles. The summed E-state index contributed by atoms with van der Waals surface area (Å²) in [5, 5.41) is 21.4. The Hall–Kier alpha value is -4.33. The molecule has 34 heavy (non-hydrogen) atoms. The van der Waals surface area contributed by atoms with Crippen LogP contribution in [0.2, 0.25) is 0 Å². The Morgan fingerprint density at radius 2 is 1.97 bits per heavy atom. The number of aryl methyl sites for hydroxylation is 1. The van der Waals surface area contributed by atoms with Crippen molar-refractivity contribution in [3.63, 3.8) is 0 Å². The molecule has 0 bridgehead atoms. The van der Waals surface area contributed by atoms with E-state index in [0.717, 1.165) is 24.3 Å². The number of hydrogen-bond acceptors (Lipinski definition) is 4. The van der Waals surface area contributed by atoms with E-state index in [2.05, 4.69) is 10.1 Å². The van der Waals surface area contributed by atoms with Crippen LogP contribution in [0.25, 0.3) is 17.0 Å². The predicted molar refractivity (Wildman–Crippen MR) is 114 cm³/mol. The van der Waals surface area contributed by atoms with Crippen LogP contribution in [0.15, 0.2) is 48.2 Å². The number of aliphatic carboxylic acids is 1. The highest BCUT2D eigenvalue weighted by atomic mass is 19.4. The van der Waals surface area contributed by atoms with Crippen molar-refractivity contribution in [2.45, 2.75) is 26.3 Å². The Balaban J connectivity index is 1.94. The molecule has 0 aliphatic heterocycles. The van der Waals surface area contributed by atoms with E-state index in [4.69, 9.17) is 5.11 Å². The summed E-state index contributed by atoms with van der Waals surface area (Å²) in [7, 11) is 0. The summed E-state index contributed by atoms with van der Waals surface area (Å²) in [5.41, 5.74) is 0.778. The third kappa shape index (κ3) is 5.72. The minimum Gasteiger partial charge on any atom is -0.480 e. The Morgan fingerprint density at radius 3 is 2.59 bits per heavy atom. The molecular formula is C23H17F4N3O4. The molecule has 3 rings (SSSR count). The van der Waals surface area contributed by atoms with Gasteiger partial charge in [-0.25, -0.2) is 4.39 Å². The highest BCUT2D eigenvalue weighted by molar-refractivity contribution is 6.11. The normalized spacial score (nSPS) is 11.8. The Bertz CT molecular complexity index is 1340. The first-order valence-electron chi connectivity index (χ1n) is 9.82. The number of nitrogens with zero attached hydrogens (tertiary/aromatic N) is 2. The van der Waals surface area contributed by atoms with Crippen molar-refractivity contribution in [3.8, 4) is 11.8 Å². The number of amides is 1. The zero-order valence-corrected chi connectivity index (χ0v) is 17.6. The average Bonchev–Trinajstić information content (AvgIpc) is 3.07. The molecule has 0 saturated heterocycles. The van der Waals surface area contributed by atoms with E-state index >= 15 is 0 Å². The number of benzene rings is 2. The lowest BCUT2D eigenvalue weighted by molar-refractivity contribution is -0.274. The number of carbonyl (C=O) groups is 2. The Labute approximate surface area is 190 Å². The van der Waals surface area contributed by atoms with Crippen LogP contribution in [0, 0.1) is 17.1 Å². The lowest BCUT2D eigenvalue weighted by atomic mass is 10.1. The number of ether oxygens (including phenoxy) is 1. The van der Waals surface area contributed by atoms with Gasteiger partial charge in [0.2, 0.25) is 0 Å². The van der Waals surface area contributed by atoms with E-state index in [1.54, 1.807) is 13.0 Å². The van der Waals surface area contributed by atoms with Crippen LogP contribution in [0.1, 0.15) is 18.1 Å². The van der Waals surface area contributed by atoms with Crippen molar-refractivity contribution >= 4 is 34.5 Å². The number of aromatic nitrogens is 1. The van der Waals surface area contributed by atoms with Crippen LogP contribution >= 0.6 is 0 Å². The molecule has 0 fully saturated rings. The van der Waals surface area contributed by atoms with Crippen LogP contribution in [0.4, 0.5) is 23.2 Å². The lowest BCUT2D eigenvalue weighted by Crippen LogP contribution is -2.18. The first kappa shape index (κ1) is 24.3. The van der Waals surface area contributed by atoms with Crippen molar-refractivity contribution in [3.05, 3.63) is 65.1 Å². The molecule has 0 unspecified atom stereocenters. The summed E-state index contributed by atoms with van der Waals surface area (Å²) in [4.78, 5) is 23.9. The Morgan fingerprint density at radius 1 is 1.24 bits per heavy atom. The second-order valence-electron chi connectivity index (χ2n) is 7.11. The third-order valence-corrected chi connectivity index (χ3v) is 4.78. The molecule has 1 aromatic heterocycles. The number of rotatable bonds is 7. The smallest absolute Gasteiger partial charge is 0.480 e. The maximum absolute atomic E-state index is 13.8. The zero-order valence-electron chi connectivity index (χ0n) is 17.6. The first-order valence-corrected chi connectivity index (χ1v) is 9.82. The van der Waals surface area contributed by atoms with E-state index in [-0.39, 0.29) is 23.2 Å². The van der Waals surface area contributed by atoms with Gasteiger partial charge in [-0.05, 0) is 54.5 Å². The second kappa shape index (κ2) is 9.66. The number of nitriles is 1. The molecule has 2 aromatic carbocycles. The van der Waals surface area contributed by atoms with Crippen molar-refractivity contribution in [2.75, 3.05) is 5.32 Å². The Kier molecular flexibility index (Phi) is 6.91. The number of carboxylic acids is 1. The highest BCUT2D eigenvalue weighted by Crippen LogP contribution is 2.29. The fourth-order valence-electron chi connectivity index (χ4n) is 3.36. The van der Waals surface area contributed by atoms with Crippen LogP contribution in [0.5, 0.6) is 5.75 Å². The van der Waals surface area contributed by atoms with Crippen molar-refractivity contribution in [1.29, 1.82) is 5.26 Å². The molecule has 0 aliphatic rings. The SMILES string of the molecule is CCc1cc(OC(F)(F)F)ccc1NC(=O)/C(C#N)=C/c1cn(CC(=O)O)c2ccc(F)cc12. The van der Waals surface area contributed by atoms with Crippen molar-refractivity contribution in [2.24, 2.45) is 0 Å². The van der Waals surface area contributed by atoms with Gasteiger partial charge in [-0.15, -0.1) is 13.2 Å². The summed E-state index contributed by atoms with van der Waals surface area (Å²) in [6, 6.07) is 8.81. The summed E-state index contributed by atoms with van der Waals surface area (Å²) in [5.74, 6) is -3.03. The number of anilines is 1. The van der Waals surface area contributed by atoms with Crippen LogP contribution in [-0.2, 0) is 22.6 Å². The average molecular weight is 475 g/mol. The molecular weight excluding hydrogens is 458 g/mol. The molecule has 0 aliphatic carbocycles. The fourth-order valence-corrected chi connectivity index (χ4v) is 3.36. The van der Waals surface area contributed by atoms with Gasteiger partial charge in [0.25, 0.3) is 5.91 Å². The lowest BCUT2D eigenvalue weighted by Gasteiger charge is -2.13. The van der Waals surface area contributed by atoms with Crippen LogP contribution < -0.4 is 10.1 Å². The minimum absolute atomic E-state index is 0.183. The molecule has 11 heteroatoms. The van der Waals surface area contributed by atoms with Crippen molar-refractivity contribution in [1.82, 2.24) is 4.57 Å². The van der Waals surface area contributed by atoms with Crippen LogP contribution in [-0.4, -0.2) is 27.9 Å². The van der Waals surface area contributed by atoms with Gasteiger partial charge < -0.3 is 19.7 Å². The summed E-state index contributed by atoms with van der Waals surface area (Å²) in [6.45, 7) is 1.24. The number of carbonyl (C=O) groups excluding carboxylic acids is 1.